The number of allylic oxidation sites excluding steroid dienone is 1. The molecule has 0 fully saturated rings. The van der Waals surface area contributed by atoms with Crippen LogP contribution in [0.2, 0.25) is 5.02 Å². The van der Waals surface area contributed by atoms with Crippen LogP contribution in [0.1, 0.15) is 5.56 Å². The number of hydrogen-bond donors (Lipinski definition) is 1. The van der Waals surface area contributed by atoms with Crippen molar-refractivity contribution in [2.24, 2.45) is 0 Å². The lowest BCUT2D eigenvalue weighted by Gasteiger charge is -2.12. The Bertz CT molecular complexity index is 741. The molecule has 2 aromatic rings. The molecule has 0 aliphatic carbocycles. The number of carbonyl (C=O) groups is 1. The van der Waals surface area contributed by atoms with Crippen LogP contribution >= 0.6 is 11.6 Å². The molecule has 0 aromatic heterocycles. The van der Waals surface area contributed by atoms with E-state index >= 15 is 0 Å². The van der Waals surface area contributed by atoms with Crippen molar-refractivity contribution in [2.45, 2.75) is 6.18 Å². The fourth-order valence-corrected chi connectivity index (χ4v) is 2.05. The first kappa shape index (κ1) is 17.0. The maximum absolute atomic E-state index is 13.1. The molecule has 2 aromatic carbocycles. The van der Waals surface area contributed by atoms with E-state index in [2.05, 4.69) is 5.32 Å². The molecule has 2 nitrogen and oxygen atoms in total. The van der Waals surface area contributed by atoms with Crippen molar-refractivity contribution in [3.05, 3.63) is 71.0 Å². The van der Waals surface area contributed by atoms with Gasteiger partial charge >= 0.3 is 6.18 Å². The molecule has 120 valence electrons. The third-order valence-electron chi connectivity index (χ3n) is 2.85. The smallest absolute Gasteiger partial charge is 0.321 e. The second-order valence-electron chi connectivity index (χ2n) is 4.54. The third kappa shape index (κ3) is 4.56. The van der Waals surface area contributed by atoms with Crippen molar-refractivity contribution >= 4 is 28.8 Å². The van der Waals surface area contributed by atoms with Crippen LogP contribution in [0.15, 0.2) is 54.6 Å². The standard InChI is InChI=1S/C16H10ClF4NO/c17-13-8-11(18)6-7-14(13)22-15(23)9-12(16(19,20)21)10-4-2-1-3-5-10/h1-9H,(H,22,23)/b12-9-. The molecule has 0 radical (unpaired) electrons. The van der Waals surface area contributed by atoms with Gasteiger partial charge in [0.05, 0.1) is 16.3 Å². The molecule has 0 heterocycles. The Morgan fingerprint density at radius 1 is 1.09 bits per heavy atom. The van der Waals surface area contributed by atoms with E-state index in [1.807, 2.05) is 0 Å². The topological polar surface area (TPSA) is 29.1 Å². The number of anilines is 1. The van der Waals surface area contributed by atoms with E-state index in [9.17, 15) is 22.4 Å². The van der Waals surface area contributed by atoms with Crippen molar-refractivity contribution < 1.29 is 22.4 Å². The minimum Gasteiger partial charge on any atom is -0.321 e. The summed E-state index contributed by atoms with van der Waals surface area (Å²) < 4.78 is 52.3. The Balaban J connectivity index is 2.30. The number of nitrogens with one attached hydrogen (secondary N) is 1. The zero-order valence-corrected chi connectivity index (χ0v) is 12.3. The normalized spacial score (nSPS) is 12.1. The van der Waals surface area contributed by atoms with Crippen molar-refractivity contribution in [1.82, 2.24) is 0 Å². The van der Waals surface area contributed by atoms with Gasteiger partial charge in [0.15, 0.2) is 0 Å². The SMILES string of the molecule is O=C(/C=C(/c1ccccc1)C(F)(F)F)Nc1ccc(F)cc1Cl. The quantitative estimate of drug-likeness (QED) is 0.612. The highest BCUT2D eigenvalue weighted by Gasteiger charge is 2.35. The minimum atomic E-state index is -4.70. The molecule has 0 atom stereocenters. The molecular formula is C16H10ClF4NO. The van der Waals surface area contributed by atoms with E-state index in [-0.39, 0.29) is 16.3 Å². The highest BCUT2D eigenvalue weighted by Crippen LogP contribution is 2.33. The van der Waals surface area contributed by atoms with Crippen molar-refractivity contribution in [2.75, 3.05) is 5.32 Å². The molecule has 0 unspecified atom stereocenters. The molecule has 2 rings (SSSR count). The Labute approximate surface area is 134 Å². The summed E-state index contributed by atoms with van der Waals surface area (Å²) in [7, 11) is 0. The highest BCUT2D eigenvalue weighted by molar-refractivity contribution is 6.33. The van der Waals surface area contributed by atoms with Crippen LogP contribution < -0.4 is 5.32 Å². The summed E-state index contributed by atoms with van der Waals surface area (Å²) in [4.78, 5) is 11.8. The predicted octanol–water partition coefficient (Wildman–Crippen LogP) is 5.06. The summed E-state index contributed by atoms with van der Waals surface area (Å²) in [6, 6.07) is 10.1. The van der Waals surface area contributed by atoms with Crippen LogP contribution in [0.4, 0.5) is 23.2 Å². The van der Waals surface area contributed by atoms with Gasteiger partial charge in [0.1, 0.15) is 5.82 Å². The lowest BCUT2D eigenvalue weighted by atomic mass is 10.1. The van der Waals surface area contributed by atoms with Crippen LogP contribution in [0.25, 0.3) is 5.57 Å². The Hall–Kier alpha value is -2.34. The van der Waals surface area contributed by atoms with E-state index in [1.54, 1.807) is 6.07 Å². The molecule has 0 aliphatic heterocycles. The maximum Gasteiger partial charge on any atom is 0.417 e. The van der Waals surface area contributed by atoms with Gasteiger partial charge in [-0.1, -0.05) is 41.9 Å². The van der Waals surface area contributed by atoms with Crippen LogP contribution in [-0.2, 0) is 4.79 Å². The van der Waals surface area contributed by atoms with Gasteiger partial charge in [-0.15, -0.1) is 0 Å². The van der Waals surface area contributed by atoms with Gasteiger partial charge in [-0.25, -0.2) is 4.39 Å². The number of rotatable bonds is 3. The zero-order valence-electron chi connectivity index (χ0n) is 11.5. The summed E-state index contributed by atoms with van der Waals surface area (Å²) in [6.45, 7) is 0. The Kier molecular flexibility index (Phi) is 5.05. The number of benzene rings is 2. The average Bonchev–Trinajstić information content (AvgIpc) is 2.47. The molecular weight excluding hydrogens is 334 g/mol. The summed E-state index contributed by atoms with van der Waals surface area (Å²) in [6.07, 6.45) is -4.26. The predicted molar refractivity (Wildman–Crippen MR) is 80.5 cm³/mol. The van der Waals surface area contributed by atoms with Gasteiger partial charge in [0, 0.05) is 6.08 Å². The van der Waals surface area contributed by atoms with Gasteiger partial charge in [0.25, 0.3) is 0 Å². The number of carbonyl (C=O) groups excluding carboxylic acids is 1. The molecule has 0 bridgehead atoms. The summed E-state index contributed by atoms with van der Waals surface area (Å²) >= 11 is 5.72. The van der Waals surface area contributed by atoms with Crippen LogP contribution in [0, 0.1) is 5.82 Å². The molecule has 23 heavy (non-hydrogen) atoms. The van der Waals surface area contributed by atoms with Crippen LogP contribution in [0.3, 0.4) is 0 Å². The van der Waals surface area contributed by atoms with Crippen molar-refractivity contribution in [3.63, 3.8) is 0 Å². The first-order valence-electron chi connectivity index (χ1n) is 6.38. The Morgan fingerprint density at radius 2 is 1.74 bits per heavy atom. The number of halogens is 5. The van der Waals surface area contributed by atoms with E-state index in [1.165, 1.54) is 30.3 Å². The second kappa shape index (κ2) is 6.83. The third-order valence-corrected chi connectivity index (χ3v) is 3.17. The number of alkyl halides is 3. The summed E-state index contributed by atoms with van der Waals surface area (Å²) in [5, 5.41) is 2.08. The average molecular weight is 344 g/mol. The molecule has 7 heteroatoms. The maximum atomic E-state index is 13.1. The van der Waals surface area contributed by atoms with E-state index in [0.29, 0.717) is 6.08 Å². The Morgan fingerprint density at radius 3 is 2.30 bits per heavy atom. The van der Waals surface area contributed by atoms with E-state index in [0.717, 1.165) is 12.1 Å². The molecule has 0 saturated carbocycles. The number of amides is 1. The molecule has 1 N–H and O–H groups in total. The van der Waals surface area contributed by atoms with Gasteiger partial charge in [0.2, 0.25) is 5.91 Å². The first-order chi connectivity index (χ1) is 10.8. The van der Waals surface area contributed by atoms with Crippen molar-refractivity contribution in [3.8, 4) is 0 Å². The monoisotopic (exact) mass is 343 g/mol. The number of hydrogen-bond acceptors (Lipinski definition) is 1. The highest BCUT2D eigenvalue weighted by atomic mass is 35.5. The second-order valence-corrected chi connectivity index (χ2v) is 4.94. The lowest BCUT2D eigenvalue weighted by Crippen LogP contribution is -2.16. The zero-order chi connectivity index (χ0) is 17.0. The van der Waals surface area contributed by atoms with Gasteiger partial charge in [-0.2, -0.15) is 13.2 Å². The first-order valence-corrected chi connectivity index (χ1v) is 6.75. The molecule has 1 amide bonds. The molecule has 0 spiro atoms. The fraction of sp³-hybridized carbons (Fsp3) is 0.0625. The van der Waals surface area contributed by atoms with Crippen LogP contribution in [-0.4, -0.2) is 12.1 Å². The molecule has 0 aliphatic rings. The van der Waals surface area contributed by atoms with Crippen LogP contribution in [0.5, 0.6) is 0 Å². The van der Waals surface area contributed by atoms with E-state index < -0.39 is 23.5 Å². The lowest BCUT2D eigenvalue weighted by molar-refractivity contribution is -0.112. The van der Waals surface area contributed by atoms with Gasteiger partial charge in [-0.05, 0) is 23.8 Å². The largest absolute Gasteiger partial charge is 0.417 e. The van der Waals surface area contributed by atoms with E-state index in [4.69, 9.17) is 11.6 Å². The fourth-order valence-electron chi connectivity index (χ4n) is 1.84. The molecule has 0 saturated heterocycles. The van der Waals surface area contributed by atoms with Crippen molar-refractivity contribution in [1.29, 1.82) is 0 Å². The minimum absolute atomic E-state index is 0.0175. The summed E-state index contributed by atoms with van der Waals surface area (Å²) in [5.74, 6) is -1.64. The summed E-state index contributed by atoms with van der Waals surface area (Å²) in [5.41, 5.74) is -1.21. The van der Waals surface area contributed by atoms with Gasteiger partial charge < -0.3 is 5.32 Å². The van der Waals surface area contributed by atoms with Gasteiger partial charge in [-0.3, -0.25) is 4.79 Å².